The van der Waals surface area contributed by atoms with Crippen molar-refractivity contribution in [3.8, 4) is 0 Å². The standard InChI is InChI=1S/C13H21N3O2/c1-4-5-11(9-18-3)16-13(17)12-8-10(14-2)6-7-15-12/h6-8,11H,4-5,9H2,1-3H3,(H,14,15)(H,16,17). The number of aromatic nitrogens is 1. The highest BCUT2D eigenvalue weighted by molar-refractivity contribution is 5.93. The number of methoxy groups -OCH3 is 1. The molecule has 0 saturated heterocycles. The van der Waals surface area contributed by atoms with Gasteiger partial charge in [-0.05, 0) is 18.6 Å². The van der Waals surface area contributed by atoms with E-state index in [-0.39, 0.29) is 11.9 Å². The predicted molar refractivity (Wildman–Crippen MR) is 71.8 cm³/mol. The van der Waals surface area contributed by atoms with Crippen LogP contribution in [0.3, 0.4) is 0 Å². The molecule has 1 rings (SSSR count). The second kappa shape index (κ2) is 7.66. The Labute approximate surface area is 108 Å². The topological polar surface area (TPSA) is 63.2 Å². The summed E-state index contributed by atoms with van der Waals surface area (Å²) in [6.07, 6.45) is 3.51. The Morgan fingerprint density at radius 1 is 1.56 bits per heavy atom. The predicted octanol–water partition coefficient (Wildman–Crippen LogP) is 1.67. The third kappa shape index (κ3) is 4.33. The fourth-order valence-electron chi connectivity index (χ4n) is 1.72. The summed E-state index contributed by atoms with van der Waals surface area (Å²) in [5.41, 5.74) is 1.29. The zero-order valence-corrected chi connectivity index (χ0v) is 11.2. The Kier molecular flexibility index (Phi) is 6.14. The Morgan fingerprint density at radius 2 is 2.33 bits per heavy atom. The van der Waals surface area contributed by atoms with Crippen LogP contribution >= 0.6 is 0 Å². The number of hydrogen-bond donors (Lipinski definition) is 2. The van der Waals surface area contributed by atoms with Crippen molar-refractivity contribution in [2.24, 2.45) is 0 Å². The van der Waals surface area contributed by atoms with Crippen molar-refractivity contribution in [3.05, 3.63) is 24.0 Å². The molecule has 0 radical (unpaired) electrons. The molecule has 0 saturated carbocycles. The van der Waals surface area contributed by atoms with Gasteiger partial charge < -0.3 is 15.4 Å². The molecular formula is C13H21N3O2. The van der Waals surface area contributed by atoms with Gasteiger partial charge in [-0.3, -0.25) is 9.78 Å². The summed E-state index contributed by atoms with van der Waals surface area (Å²) in [6, 6.07) is 3.58. The third-order valence-electron chi connectivity index (χ3n) is 2.62. The van der Waals surface area contributed by atoms with Crippen LogP contribution in [0.25, 0.3) is 0 Å². The first-order valence-electron chi connectivity index (χ1n) is 6.14. The molecule has 1 heterocycles. The minimum atomic E-state index is -0.164. The minimum absolute atomic E-state index is 0.0348. The molecule has 100 valence electrons. The molecular weight excluding hydrogens is 230 g/mol. The van der Waals surface area contributed by atoms with E-state index in [9.17, 15) is 4.79 Å². The Balaban J connectivity index is 2.67. The summed E-state index contributed by atoms with van der Waals surface area (Å²) in [6.45, 7) is 2.60. The Bertz CT molecular complexity index is 376. The summed E-state index contributed by atoms with van der Waals surface area (Å²) < 4.78 is 5.09. The quantitative estimate of drug-likeness (QED) is 0.773. The number of carbonyl (C=O) groups is 1. The van der Waals surface area contributed by atoms with E-state index in [1.807, 2.05) is 13.1 Å². The number of carbonyl (C=O) groups excluding carboxylic acids is 1. The van der Waals surface area contributed by atoms with Crippen LogP contribution < -0.4 is 10.6 Å². The fraction of sp³-hybridized carbons (Fsp3) is 0.538. The first-order chi connectivity index (χ1) is 8.71. The Hall–Kier alpha value is -1.62. The average molecular weight is 251 g/mol. The number of nitrogens with zero attached hydrogens (tertiary/aromatic N) is 1. The van der Waals surface area contributed by atoms with Gasteiger partial charge in [0, 0.05) is 26.0 Å². The number of pyridine rings is 1. The van der Waals surface area contributed by atoms with E-state index in [1.165, 1.54) is 0 Å². The van der Waals surface area contributed by atoms with Crippen molar-refractivity contribution >= 4 is 11.6 Å². The number of hydrogen-bond acceptors (Lipinski definition) is 4. The summed E-state index contributed by atoms with van der Waals surface area (Å²) in [5.74, 6) is -0.164. The van der Waals surface area contributed by atoms with Crippen LogP contribution in [0.1, 0.15) is 30.3 Å². The van der Waals surface area contributed by atoms with Gasteiger partial charge in [0.25, 0.3) is 5.91 Å². The van der Waals surface area contributed by atoms with Crippen molar-refractivity contribution in [1.29, 1.82) is 0 Å². The fourth-order valence-corrected chi connectivity index (χ4v) is 1.72. The smallest absolute Gasteiger partial charge is 0.270 e. The lowest BCUT2D eigenvalue weighted by Crippen LogP contribution is -2.38. The maximum absolute atomic E-state index is 12.0. The van der Waals surface area contributed by atoms with E-state index in [2.05, 4.69) is 22.5 Å². The van der Waals surface area contributed by atoms with E-state index in [0.717, 1.165) is 18.5 Å². The average Bonchev–Trinajstić information content (AvgIpc) is 2.39. The number of anilines is 1. The molecule has 5 heteroatoms. The zero-order chi connectivity index (χ0) is 13.4. The second-order valence-corrected chi connectivity index (χ2v) is 4.09. The Morgan fingerprint density at radius 3 is 2.94 bits per heavy atom. The first kappa shape index (κ1) is 14.4. The third-order valence-corrected chi connectivity index (χ3v) is 2.62. The van der Waals surface area contributed by atoms with E-state index < -0.39 is 0 Å². The maximum atomic E-state index is 12.0. The second-order valence-electron chi connectivity index (χ2n) is 4.09. The number of rotatable bonds is 7. The van der Waals surface area contributed by atoms with Crippen LogP contribution in [0.5, 0.6) is 0 Å². The molecule has 1 aromatic rings. The molecule has 2 N–H and O–H groups in total. The van der Waals surface area contributed by atoms with Crippen molar-refractivity contribution in [1.82, 2.24) is 10.3 Å². The van der Waals surface area contributed by atoms with Crippen LogP contribution in [0.4, 0.5) is 5.69 Å². The number of amides is 1. The largest absolute Gasteiger partial charge is 0.388 e. The van der Waals surface area contributed by atoms with E-state index >= 15 is 0 Å². The maximum Gasteiger partial charge on any atom is 0.270 e. The molecule has 0 aliphatic heterocycles. The van der Waals surface area contributed by atoms with Gasteiger partial charge in [0.2, 0.25) is 0 Å². The van der Waals surface area contributed by atoms with Crippen LogP contribution in [-0.4, -0.2) is 37.7 Å². The molecule has 0 aliphatic rings. The molecule has 0 spiro atoms. The lowest BCUT2D eigenvalue weighted by Gasteiger charge is -2.16. The van der Waals surface area contributed by atoms with Gasteiger partial charge in [0.1, 0.15) is 5.69 Å². The van der Waals surface area contributed by atoms with Crippen LogP contribution in [0.2, 0.25) is 0 Å². The molecule has 1 atom stereocenters. The summed E-state index contributed by atoms with van der Waals surface area (Å²) in [4.78, 5) is 16.1. The monoisotopic (exact) mass is 251 g/mol. The minimum Gasteiger partial charge on any atom is -0.388 e. The van der Waals surface area contributed by atoms with Gasteiger partial charge in [0.05, 0.1) is 12.6 Å². The number of nitrogens with one attached hydrogen (secondary N) is 2. The van der Waals surface area contributed by atoms with Crippen molar-refractivity contribution in [3.63, 3.8) is 0 Å². The highest BCUT2D eigenvalue weighted by Gasteiger charge is 2.14. The summed E-state index contributed by atoms with van der Waals surface area (Å²) in [5, 5.41) is 5.91. The lowest BCUT2D eigenvalue weighted by atomic mass is 10.1. The first-order valence-corrected chi connectivity index (χ1v) is 6.14. The molecule has 1 amide bonds. The molecule has 0 bridgehead atoms. The highest BCUT2D eigenvalue weighted by atomic mass is 16.5. The lowest BCUT2D eigenvalue weighted by molar-refractivity contribution is 0.0886. The van der Waals surface area contributed by atoms with Crippen LogP contribution in [0.15, 0.2) is 18.3 Å². The van der Waals surface area contributed by atoms with Crippen LogP contribution in [0, 0.1) is 0 Å². The summed E-state index contributed by atoms with van der Waals surface area (Å²) >= 11 is 0. The van der Waals surface area contributed by atoms with Crippen LogP contribution in [-0.2, 0) is 4.74 Å². The van der Waals surface area contributed by atoms with Crippen molar-refractivity contribution in [2.75, 3.05) is 26.1 Å². The van der Waals surface area contributed by atoms with E-state index in [1.54, 1.807) is 19.4 Å². The van der Waals surface area contributed by atoms with Gasteiger partial charge in [0.15, 0.2) is 0 Å². The molecule has 0 fully saturated rings. The van der Waals surface area contributed by atoms with Gasteiger partial charge >= 0.3 is 0 Å². The molecule has 18 heavy (non-hydrogen) atoms. The van der Waals surface area contributed by atoms with E-state index in [4.69, 9.17) is 4.74 Å². The van der Waals surface area contributed by atoms with Gasteiger partial charge in [-0.1, -0.05) is 13.3 Å². The SMILES string of the molecule is CCCC(COC)NC(=O)c1cc(NC)ccn1. The highest BCUT2D eigenvalue weighted by Crippen LogP contribution is 2.07. The molecule has 5 nitrogen and oxygen atoms in total. The molecule has 0 aromatic carbocycles. The van der Waals surface area contributed by atoms with Gasteiger partial charge in [-0.25, -0.2) is 0 Å². The van der Waals surface area contributed by atoms with Crippen molar-refractivity contribution in [2.45, 2.75) is 25.8 Å². The van der Waals surface area contributed by atoms with Crippen molar-refractivity contribution < 1.29 is 9.53 Å². The van der Waals surface area contributed by atoms with Gasteiger partial charge in [-0.2, -0.15) is 0 Å². The summed E-state index contributed by atoms with van der Waals surface area (Å²) in [7, 11) is 3.44. The molecule has 1 unspecified atom stereocenters. The molecule has 1 aromatic heterocycles. The molecule has 0 aliphatic carbocycles. The zero-order valence-electron chi connectivity index (χ0n) is 11.2. The normalized spacial score (nSPS) is 11.9. The van der Waals surface area contributed by atoms with E-state index in [0.29, 0.717) is 12.3 Å². The van der Waals surface area contributed by atoms with Gasteiger partial charge in [-0.15, -0.1) is 0 Å². The number of ether oxygens (including phenoxy) is 1.